The number of hydrogen-bond acceptors (Lipinski definition) is 3. The van der Waals surface area contributed by atoms with Gasteiger partial charge >= 0.3 is 5.97 Å². The zero-order valence-electron chi connectivity index (χ0n) is 12.1. The zero-order valence-corrected chi connectivity index (χ0v) is 12.1. The van der Waals surface area contributed by atoms with Crippen LogP contribution in [0.3, 0.4) is 0 Å². The van der Waals surface area contributed by atoms with Gasteiger partial charge in [0.15, 0.2) is 0 Å². The maximum Gasteiger partial charge on any atom is 0.326 e. The summed E-state index contributed by atoms with van der Waals surface area (Å²) in [5.41, 5.74) is 1.68. The lowest BCUT2D eigenvalue weighted by Gasteiger charge is -2.15. The molecule has 0 bridgehead atoms. The molecule has 2 aromatic carbocycles. The molecule has 1 atom stereocenters. The number of aromatic hydroxyl groups is 1. The van der Waals surface area contributed by atoms with Gasteiger partial charge < -0.3 is 15.5 Å². The molecule has 0 saturated carbocycles. The SMILES string of the molecule is Cc1ccc(O)c(C(=O)NC(Cc2ccccc2)C(=O)O)c1. The molecule has 0 fully saturated rings. The number of carboxylic acids is 1. The van der Waals surface area contributed by atoms with E-state index < -0.39 is 17.9 Å². The Hall–Kier alpha value is -2.82. The molecule has 5 heteroatoms. The molecular weight excluding hydrogens is 282 g/mol. The van der Waals surface area contributed by atoms with Gasteiger partial charge in [-0.15, -0.1) is 0 Å². The van der Waals surface area contributed by atoms with E-state index in [1.165, 1.54) is 12.1 Å². The van der Waals surface area contributed by atoms with E-state index in [9.17, 15) is 19.8 Å². The van der Waals surface area contributed by atoms with Crippen molar-refractivity contribution in [1.29, 1.82) is 0 Å². The largest absolute Gasteiger partial charge is 0.507 e. The van der Waals surface area contributed by atoms with Crippen LogP contribution < -0.4 is 5.32 Å². The van der Waals surface area contributed by atoms with Gasteiger partial charge in [-0.25, -0.2) is 4.79 Å². The molecule has 1 amide bonds. The molecule has 5 nitrogen and oxygen atoms in total. The van der Waals surface area contributed by atoms with Crippen molar-refractivity contribution < 1.29 is 19.8 Å². The van der Waals surface area contributed by atoms with E-state index in [-0.39, 0.29) is 17.7 Å². The fourth-order valence-corrected chi connectivity index (χ4v) is 2.12. The van der Waals surface area contributed by atoms with Crippen LogP contribution in [0.5, 0.6) is 5.75 Å². The summed E-state index contributed by atoms with van der Waals surface area (Å²) in [7, 11) is 0. The Morgan fingerprint density at radius 2 is 1.82 bits per heavy atom. The van der Waals surface area contributed by atoms with Crippen LogP contribution in [-0.2, 0) is 11.2 Å². The minimum Gasteiger partial charge on any atom is -0.507 e. The van der Waals surface area contributed by atoms with E-state index in [4.69, 9.17) is 0 Å². The van der Waals surface area contributed by atoms with Crippen LogP contribution in [-0.4, -0.2) is 28.1 Å². The lowest BCUT2D eigenvalue weighted by Crippen LogP contribution is -2.42. The first-order valence-electron chi connectivity index (χ1n) is 6.84. The van der Waals surface area contributed by atoms with Crippen LogP contribution in [0, 0.1) is 6.92 Å². The fourth-order valence-electron chi connectivity index (χ4n) is 2.12. The Morgan fingerprint density at radius 1 is 1.14 bits per heavy atom. The van der Waals surface area contributed by atoms with Crippen molar-refractivity contribution >= 4 is 11.9 Å². The predicted octanol–water partition coefficient (Wildman–Crippen LogP) is 2.13. The highest BCUT2D eigenvalue weighted by Crippen LogP contribution is 2.18. The lowest BCUT2D eigenvalue weighted by molar-refractivity contribution is -0.139. The molecule has 2 aromatic rings. The molecule has 3 N–H and O–H groups in total. The topological polar surface area (TPSA) is 86.6 Å². The molecular formula is C17H17NO4. The normalized spacial score (nSPS) is 11.7. The Labute approximate surface area is 128 Å². The summed E-state index contributed by atoms with van der Waals surface area (Å²) in [6, 6.07) is 12.6. The average Bonchev–Trinajstić information content (AvgIpc) is 2.50. The van der Waals surface area contributed by atoms with Gasteiger partial charge in [0.05, 0.1) is 5.56 Å². The van der Waals surface area contributed by atoms with Crippen molar-refractivity contribution in [3.8, 4) is 5.75 Å². The molecule has 0 aliphatic carbocycles. The number of aryl methyl sites for hydroxylation is 1. The van der Waals surface area contributed by atoms with Crippen LogP contribution in [0.15, 0.2) is 48.5 Å². The second kappa shape index (κ2) is 6.76. The average molecular weight is 299 g/mol. The third-order valence-electron chi connectivity index (χ3n) is 3.28. The van der Waals surface area contributed by atoms with Crippen molar-refractivity contribution in [3.05, 3.63) is 65.2 Å². The highest BCUT2D eigenvalue weighted by molar-refractivity contribution is 5.99. The predicted molar refractivity (Wildman–Crippen MR) is 81.9 cm³/mol. The van der Waals surface area contributed by atoms with E-state index in [1.54, 1.807) is 25.1 Å². The number of benzene rings is 2. The number of aliphatic carboxylic acids is 1. The van der Waals surface area contributed by atoms with Crippen molar-refractivity contribution in [1.82, 2.24) is 5.32 Å². The summed E-state index contributed by atoms with van der Waals surface area (Å²) >= 11 is 0. The van der Waals surface area contributed by atoms with Crippen molar-refractivity contribution in [2.75, 3.05) is 0 Å². The lowest BCUT2D eigenvalue weighted by atomic mass is 10.0. The molecule has 0 radical (unpaired) electrons. The Kier molecular flexibility index (Phi) is 4.78. The van der Waals surface area contributed by atoms with Crippen LogP contribution >= 0.6 is 0 Å². The maximum atomic E-state index is 12.2. The molecule has 0 aliphatic rings. The quantitative estimate of drug-likeness (QED) is 0.789. The molecule has 1 unspecified atom stereocenters. The van der Waals surface area contributed by atoms with Gasteiger partial charge in [0.2, 0.25) is 0 Å². The van der Waals surface area contributed by atoms with E-state index >= 15 is 0 Å². The second-order valence-corrected chi connectivity index (χ2v) is 5.07. The zero-order chi connectivity index (χ0) is 16.1. The summed E-state index contributed by atoms with van der Waals surface area (Å²) in [6.07, 6.45) is 0.175. The molecule has 22 heavy (non-hydrogen) atoms. The Morgan fingerprint density at radius 3 is 2.45 bits per heavy atom. The first kappa shape index (κ1) is 15.6. The van der Waals surface area contributed by atoms with Gasteiger partial charge in [0, 0.05) is 6.42 Å². The number of carboxylic acid groups (broad SMARTS) is 1. The fraction of sp³-hybridized carbons (Fsp3) is 0.176. The first-order chi connectivity index (χ1) is 10.5. The standard InChI is InChI=1S/C17H17NO4/c1-11-7-8-15(19)13(9-11)16(20)18-14(17(21)22)10-12-5-3-2-4-6-12/h2-9,14,19H,10H2,1H3,(H,18,20)(H,21,22). The third-order valence-corrected chi connectivity index (χ3v) is 3.28. The molecule has 0 aromatic heterocycles. The molecule has 0 heterocycles. The van der Waals surface area contributed by atoms with Crippen LogP contribution in [0.1, 0.15) is 21.5 Å². The van der Waals surface area contributed by atoms with Crippen molar-refractivity contribution in [2.45, 2.75) is 19.4 Å². The van der Waals surface area contributed by atoms with Gasteiger partial charge in [0.25, 0.3) is 5.91 Å². The van der Waals surface area contributed by atoms with E-state index in [2.05, 4.69) is 5.32 Å². The van der Waals surface area contributed by atoms with Crippen LogP contribution in [0.2, 0.25) is 0 Å². The molecule has 0 spiro atoms. The molecule has 2 rings (SSSR count). The van der Waals surface area contributed by atoms with Crippen molar-refractivity contribution in [3.63, 3.8) is 0 Å². The molecule has 114 valence electrons. The Bertz CT molecular complexity index is 682. The Balaban J connectivity index is 2.15. The highest BCUT2D eigenvalue weighted by Gasteiger charge is 2.22. The van der Waals surface area contributed by atoms with Gasteiger partial charge in [0.1, 0.15) is 11.8 Å². The van der Waals surface area contributed by atoms with Gasteiger partial charge in [-0.3, -0.25) is 4.79 Å². The number of rotatable bonds is 5. The number of nitrogens with one attached hydrogen (secondary N) is 1. The second-order valence-electron chi connectivity index (χ2n) is 5.07. The van der Waals surface area contributed by atoms with Gasteiger partial charge in [-0.2, -0.15) is 0 Å². The van der Waals surface area contributed by atoms with E-state index in [1.807, 2.05) is 18.2 Å². The summed E-state index contributed by atoms with van der Waals surface area (Å²) in [5, 5.41) is 21.5. The summed E-state index contributed by atoms with van der Waals surface area (Å²) < 4.78 is 0. The van der Waals surface area contributed by atoms with E-state index in [0.717, 1.165) is 11.1 Å². The minimum atomic E-state index is -1.12. The minimum absolute atomic E-state index is 0.0688. The molecule has 0 saturated heterocycles. The smallest absolute Gasteiger partial charge is 0.326 e. The van der Waals surface area contributed by atoms with Crippen LogP contribution in [0.4, 0.5) is 0 Å². The summed E-state index contributed by atoms with van der Waals surface area (Å²) in [4.78, 5) is 23.5. The summed E-state index contributed by atoms with van der Waals surface area (Å²) in [6.45, 7) is 1.79. The number of phenolic OH excluding ortho intramolecular Hbond substituents is 1. The number of carbonyl (C=O) groups is 2. The van der Waals surface area contributed by atoms with E-state index in [0.29, 0.717) is 0 Å². The van der Waals surface area contributed by atoms with Crippen molar-refractivity contribution in [2.24, 2.45) is 0 Å². The van der Waals surface area contributed by atoms with Crippen LogP contribution in [0.25, 0.3) is 0 Å². The maximum absolute atomic E-state index is 12.2. The van der Waals surface area contributed by atoms with Gasteiger partial charge in [-0.05, 0) is 24.6 Å². The highest BCUT2D eigenvalue weighted by atomic mass is 16.4. The number of carbonyl (C=O) groups excluding carboxylic acids is 1. The molecule has 0 aliphatic heterocycles. The first-order valence-corrected chi connectivity index (χ1v) is 6.84. The summed E-state index contributed by atoms with van der Waals surface area (Å²) in [5.74, 6) is -1.90. The monoisotopic (exact) mass is 299 g/mol. The van der Waals surface area contributed by atoms with Gasteiger partial charge in [-0.1, -0.05) is 42.0 Å². The number of amides is 1. The number of hydrogen-bond donors (Lipinski definition) is 3. The number of phenols is 1. The third kappa shape index (κ3) is 3.85.